The lowest BCUT2D eigenvalue weighted by Crippen LogP contribution is -2.45. The Morgan fingerprint density at radius 2 is 1.96 bits per heavy atom. The Kier molecular flexibility index (Phi) is 5.23. The number of amides is 1. The number of aromatic nitrogens is 1. The van der Waals surface area contributed by atoms with Gasteiger partial charge >= 0.3 is 0 Å². The van der Waals surface area contributed by atoms with Crippen LogP contribution < -0.4 is 10.9 Å². The van der Waals surface area contributed by atoms with E-state index in [4.69, 9.17) is 0 Å². The van der Waals surface area contributed by atoms with Gasteiger partial charge in [-0.2, -0.15) is 0 Å². The second-order valence-electron chi connectivity index (χ2n) is 6.42. The Morgan fingerprint density at radius 1 is 1.17 bits per heavy atom. The highest BCUT2D eigenvalue weighted by Crippen LogP contribution is 2.16. The summed E-state index contributed by atoms with van der Waals surface area (Å²) in [6, 6.07) is 14.1. The summed E-state index contributed by atoms with van der Waals surface area (Å²) < 4.78 is 0. The number of hydrazine groups is 1. The van der Waals surface area contributed by atoms with Crippen LogP contribution in [0.3, 0.4) is 0 Å². The average Bonchev–Trinajstić information content (AvgIpc) is 3.03. The molecule has 2 aromatic rings. The van der Waals surface area contributed by atoms with Crippen LogP contribution in [0.2, 0.25) is 0 Å². The highest BCUT2D eigenvalue weighted by molar-refractivity contribution is 5.82. The highest BCUT2D eigenvalue weighted by Gasteiger charge is 2.30. The van der Waals surface area contributed by atoms with Crippen molar-refractivity contribution in [3.63, 3.8) is 0 Å². The number of carbonyl (C=O) groups excluding carboxylic acids is 1. The molecule has 1 aliphatic rings. The Labute approximate surface area is 143 Å². The van der Waals surface area contributed by atoms with E-state index in [2.05, 4.69) is 41.8 Å². The maximum Gasteiger partial charge on any atom is 0.241 e. The van der Waals surface area contributed by atoms with Crippen LogP contribution in [0.5, 0.6) is 0 Å². The van der Waals surface area contributed by atoms with E-state index in [0.717, 1.165) is 12.1 Å². The monoisotopic (exact) mass is 324 g/mol. The zero-order valence-corrected chi connectivity index (χ0v) is 14.2. The minimum Gasteiger partial charge on any atom is -0.331 e. The van der Waals surface area contributed by atoms with E-state index in [-0.39, 0.29) is 11.9 Å². The van der Waals surface area contributed by atoms with Crippen molar-refractivity contribution in [3.8, 4) is 0 Å². The van der Waals surface area contributed by atoms with Crippen LogP contribution in [0, 0.1) is 6.92 Å². The molecule has 2 N–H and O–H groups in total. The second-order valence-corrected chi connectivity index (χ2v) is 6.42. The predicted octanol–water partition coefficient (Wildman–Crippen LogP) is 2.17. The topological polar surface area (TPSA) is 57.3 Å². The van der Waals surface area contributed by atoms with Crippen LogP contribution in [-0.4, -0.2) is 27.9 Å². The molecule has 5 nitrogen and oxygen atoms in total. The second kappa shape index (κ2) is 7.55. The summed E-state index contributed by atoms with van der Waals surface area (Å²) in [4.78, 5) is 19.3. The summed E-state index contributed by atoms with van der Waals surface area (Å²) in [7, 11) is 0. The minimum absolute atomic E-state index is 0.112. The van der Waals surface area contributed by atoms with Gasteiger partial charge in [0.1, 0.15) is 6.04 Å². The third kappa shape index (κ3) is 3.99. The molecule has 3 rings (SSSR count). The van der Waals surface area contributed by atoms with Gasteiger partial charge in [0.05, 0.1) is 12.2 Å². The van der Waals surface area contributed by atoms with Crippen LogP contribution >= 0.6 is 0 Å². The first-order valence-electron chi connectivity index (χ1n) is 8.37. The molecule has 0 radical (unpaired) electrons. The number of aryl methyl sites for hydroxylation is 1. The van der Waals surface area contributed by atoms with Gasteiger partial charge in [0.15, 0.2) is 0 Å². The van der Waals surface area contributed by atoms with E-state index in [1.807, 2.05) is 35.2 Å². The van der Waals surface area contributed by atoms with Crippen molar-refractivity contribution in [2.24, 2.45) is 0 Å². The summed E-state index contributed by atoms with van der Waals surface area (Å²) in [6.45, 7) is 5.26. The molecule has 1 saturated heterocycles. The molecule has 1 fully saturated rings. The summed E-state index contributed by atoms with van der Waals surface area (Å²) in [6.07, 6.45) is 2.56. The molecule has 1 aromatic carbocycles. The quantitative estimate of drug-likeness (QED) is 0.885. The number of hydrogen-bond acceptors (Lipinski definition) is 4. The van der Waals surface area contributed by atoms with Gasteiger partial charge in [-0.05, 0) is 43.5 Å². The summed E-state index contributed by atoms with van der Waals surface area (Å²) >= 11 is 0. The molecule has 1 aromatic heterocycles. The lowest BCUT2D eigenvalue weighted by molar-refractivity contribution is -0.134. The molecular formula is C19H24N4O. The Balaban J connectivity index is 1.80. The van der Waals surface area contributed by atoms with Crippen LogP contribution in [0.1, 0.15) is 30.2 Å². The predicted molar refractivity (Wildman–Crippen MR) is 93.8 cm³/mol. The van der Waals surface area contributed by atoms with Crippen LogP contribution in [0.15, 0.2) is 48.7 Å². The fourth-order valence-corrected chi connectivity index (χ4v) is 2.99. The number of hydrogen-bond donors (Lipinski definition) is 2. The lowest BCUT2D eigenvalue weighted by Gasteiger charge is -2.26. The highest BCUT2D eigenvalue weighted by atomic mass is 16.2. The molecule has 2 heterocycles. The molecule has 1 aliphatic heterocycles. The molecule has 126 valence electrons. The van der Waals surface area contributed by atoms with E-state index in [1.165, 1.54) is 11.1 Å². The van der Waals surface area contributed by atoms with Gasteiger partial charge < -0.3 is 4.90 Å². The number of benzene rings is 1. The molecule has 2 unspecified atom stereocenters. The third-order valence-electron chi connectivity index (χ3n) is 4.40. The molecule has 1 amide bonds. The van der Waals surface area contributed by atoms with Gasteiger partial charge in [0.25, 0.3) is 0 Å². The van der Waals surface area contributed by atoms with Gasteiger partial charge in [-0.25, -0.2) is 5.43 Å². The zero-order chi connectivity index (χ0) is 16.9. The van der Waals surface area contributed by atoms with Crippen LogP contribution in [-0.2, 0) is 17.9 Å². The molecule has 0 bridgehead atoms. The van der Waals surface area contributed by atoms with Crippen LogP contribution in [0.4, 0.5) is 0 Å². The molecule has 0 saturated carbocycles. The fourth-order valence-electron chi connectivity index (χ4n) is 2.99. The number of nitrogens with zero attached hydrogens (tertiary/aromatic N) is 2. The maximum atomic E-state index is 13.0. The van der Waals surface area contributed by atoms with Crippen molar-refractivity contribution in [1.82, 2.24) is 20.7 Å². The van der Waals surface area contributed by atoms with Crippen molar-refractivity contribution in [2.75, 3.05) is 0 Å². The van der Waals surface area contributed by atoms with E-state index in [0.29, 0.717) is 19.1 Å². The number of carbonyl (C=O) groups is 1. The number of pyridine rings is 1. The third-order valence-corrected chi connectivity index (χ3v) is 4.40. The molecular weight excluding hydrogens is 300 g/mol. The van der Waals surface area contributed by atoms with E-state index >= 15 is 0 Å². The molecule has 0 spiro atoms. The van der Waals surface area contributed by atoms with E-state index in [1.54, 1.807) is 6.20 Å². The van der Waals surface area contributed by atoms with Crippen LogP contribution in [0.25, 0.3) is 0 Å². The Hall–Kier alpha value is -2.24. The van der Waals surface area contributed by atoms with Gasteiger partial charge in [-0.15, -0.1) is 0 Å². The minimum atomic E-state index is -0.187. The van der Waals surface area contributed by atoms with Crippen molar-refractivity contribution in [2.45, 2.75) is 45.4 Å². The van der Waals surface area contributed by atoms with Crippen molar-refractivity contribution < 1.29 is 4.79 Å². The van der Waals surface area contributed by atoms with E-state index < -0.39 is 0 Å². The van der Waals surface area contributed by atoms with Crippen molar-refractivity contribution in [3.05, 3.63) is 65.5 Å². The largest absolute Gasteiger partial charge is 0.331 e. The zero-order valence-electron chi connectivity index (χ0n) is 14.2. The Morgan fingerprint density at radius 3 is 2.62 bits per heavy atom. The average molecular weight is 324 g/mol. The lowest BCUT2D eigenvalue weighted by atomic mass is 10.1. The summed E-state index contributed by atoms with van der Waals surface area (Å²) in [5.41, 5.74) is 9.51. The first-order chi connectivity index (χ1) is 11.6. The molecule has 5 heteroatoms. The number of nitrogens with one attached hydrogen (secondary N) is 2. The van der Waals surface area contributed by atoms with Gasteiger partial charge in [0.2, 0.25) is 5.91 Å². The standard InChI is InChI=1S/C19H24N4O/c1-14-7-3-4-8-16(14)12-23(13-17-9-5-6-10-20-17)19(24)18-11-15(2)21-22-18/h3-10,15,18,21-22H,11-13H2,1-2H3. The SMILES string of the molecule is Cc1ccccc1CN(Cc1ccccn1)C(=O)C1CC(C)NN1. The van der Waals surface area contributed by atoms with Crippen molar-refractivity contribution >= 4 is 5.91 Å². The van der Waals surface area contributed by atoms with Gasteiger partial charge in [-0.3, -0.25) is 15.2 Å². The van der Waals surface area contributed by atoms with Crippen molar-refractivity contribution in [1.29, 1.82) is 0 Å². The van der Waals surface area contributed by atoms with E-state index in [9.17, 15) is 4.79 Å². The van der Waals surface area contributed by atoms with Gasteiger partial charge in [-0.1, -0.05) is 30.3 Å². The number of rotatable bonds is 5. The normalized spacial score (nSPS) is 20.1. The molecule has 2 atom stereocenters. The smallest absolute Gasteiger partial charge is 0.241 e. The first-order valence-corrected chi connectivity index (χ1v) is 8.37. The summed E-state index contributed by atoms with van der Waals surface area (Å²) in [5.74, 6) is 0.112. The Bertz CT molecular complexity index is 689. The maximum absolute atomic E-state index is 13.0. The fraction of sp³-hybridized carbons (Fsp3) is 0.368. The summed E-state index contributed by atoms with van der Waals surface area (Å²) in [5, 5.41) is 0. The molecule has 24 heavy (non-hydrogen) atoms. The molecule has 0 aliphatic carbocycles. The van der Waals surface area contributed by atoms with Gasteiger partial charge in [0, 0.05) is 18.8 Å². The first kappa shape index (κ1) is 16.6.